The maximum Gasteiger partial charge on any atom is 0.237 e. The number of rotatable bonds is 5. The van der Waals surface area contributed by atoms with Crippen LogP contribution in [0.15, 0.2) is 217 Å². The summed E-state index contributed by atoms with van der Waals surface area (Å²) >= 11 is 0. The van der Waals surface area contributed by atoms with Crippen molar-refractivity contribution in [1.29, 1.82) is 0 Å². The zero-order valence-corrected chi connectivity index (χ0v) is 34.4. The fourth-order valence-electron chi connectivity index (χ4n) is 10.5. The molecule has 5 aromatic heterocycles. The lowest BCUT2D eigenvalue weighted by Crippen LogP contribution is -2.09. The van der Waals surface area contributed by atoms with E-state index < -0.39 is 0 Å². The van der Waals surface area contributed by atoms with Gasteiger partial charge in [-0.15, -0.1) is 0 Å². The summed E-state index contributed by atoms with van der Waals surface area (Å²) in [7, 11) is 0. The summed E-state index contributed by atoms with van der Waals surface area (Å²) in [6, 6.07) is 75.4. The molecule has 6 nitrogen and oxygen atoms in total. The van der Waals surface area contributed by atoms with Gasteiger partial charge in [-0.25, -0.2) is 4.98 Å². The fourth-order valence-corrected chi connectivity index (χ4v) is 10.5. The molecule has 0 atom stereocenters. The Bertz CT molecular complexity index is 3930. The third kappa shape index (κ3) is 4.90. The Kier molecular flexibility index (Phi) is 7.30. The average Bonchev–Trinajstić information content (AvgIpc) is 4.10. The second kappa shape index (κ2) is 13.4. The van der Waals surface area contributed by atoms with Gasteiger partial charge in [0.1, 0.15) is 17.0 Å². The zero-order chi connectivity index (χ0) is 41.9. The van der Waals surface area contributed by atoms with E-state index >= 15 is 0 Å². The molecule has 0 spiro atoms. The largest absolute Gasteiger partial charge is 0.456 e. The van der Waals surface area contributed by atoms with Crippen molar-refractivity contribution in [2.24, 2.45) is 0 Å². The molecule has 0 aliphatic carbocycles. The second-order valence-corrected chi connectivity index (χ2v) is 16.5. The minimum absolute atomic E-state index is 0.585. The van der Waals surface area contributed by atoms with Gasteiger partial charge in [-0.3, -0.25) is 9.13 Å². The molecule has 0 fully saturated rings. The first-order valence-electron chi connectivity index (χ1n) is 21.7. The van der Waals surface area contributed by atoms with Crippen LogP contribution >= 0.6 is 0 Å². The second-order valence-electron chi connectivity index (χ2n) is 16.5. The van der Waals surface area contributed by atoms with Gasteiger partial charge in [0.25, 0.3) is 0 Å². The number of benzene rings is 9. The van der Waals surface area contributed by atoms with Gasteiger partial charge in [0.2, 0.25) is 5.95 Å². The minimum Gasteiger partial charge on any atom is -0.456 e. The first-order chi connectivity index (χ1) is 31.8. The molecule has 0 N–H and O–H groups in total. The standard InChI is InChI=1S/C58H35N5O/c1-8-26-46-36(17-1)37-18-2-9-27-47(37)61(46)52-32-15-24-43(42-25-16-34-54-56(42)44-23-7-14-33-53(44)64-54)57(52)45-35-55(62-48-28-10-3-19-38(48)39-20-4-11-29-49(39)62)60-58(59-45)63-50-30-12-5-21-40(50)41-22-6-13-31-51(41)63/h1-35H. The molecule has 0 radical (unpaired) electrons. The smallest absolute Gasteiger partial charge is 0.237 e. The number of furan rings is 1. The molecule has 0 aliphatic heterocycles. The van der Waals surface area contributed by atoms with E-state index in [1.807, 2.05) is 6.07 Å². The van der Waals surface area contributed by atoms with E-state index in [1.165, 1.54) is 21.5 Å². The first kappa shape index (κ1) is 34.9. The van der Waals surface area contributed by atoms with Crippen LogP contribution in [0.1, 0.15) is 0 Å². The number of hydrogen-bond donors (Lipinski definition) is 0. The summed E-state index contributed by atoms with van der Waals surface area (Å²) in [6.07, 6.45) is 0. The maximum atomic E-state index is 6.54. The minimum atomic E-state index is 0.585. The molecule has 14 rings (SSSR count). The van der Waals surface area contributed by atoms with E-state index in [0.717, 1.165) is 99.7 Å². The molecule has 0 saturated carbocycles. The van der Waals surface area contributed by atoms with Crippen LogP contribution in [0.3, 0.4) is 0 Å². The lowest BCUT2D eigenvalue weighted by atomic mass is 9.92. The topological polar surface area (TPSA) is 53.7 Å². The van der Waals surface area contributed by atoms with Crippen molar-refractivity contribution in [2.45, 2.75) is 0 Å². The lowest BCUT2D eigenvalue weighted by molar-refractivity contribution is 0.669. The molecule has 0 bridgehead atoms. The van der Waals surface area contributed by atoms with E-state index in [0.29, 0.717) is 5.95 Å². The third-order valence-corrected chi connectivity index (χ3v) is 13.1. The molecule has 298 valence electrons. The van der Waals surface area contributed by atoms with Crippen molar-refractivity contribution in [1.82, 2.24) is 23.7 Å². The van der Waals surface area contributed by atoms with Crippen LogP contribution in [0.25, 0.3) is 127 Å². The van der Waals surface area contributed by atoms with Crippen LogP contribution in [-0.4, -0.2) is 23.7 Å². The van der Waals surface area contributed by atoms with Gasteiger partial charge in [0, 0.05) is 54.7 Å². The number of para-hydroxylation sites is 7. The summed E-state index contributed by atoms with van der Waals surface area (Å²) in [4.78, 5) is 11.4. The van der Waals surface area contributed by atoms with Gasteiger partial charge in [0.05, 0.1) is 44.5 Å². The normalized spacial score (nSPS) is 12.1. The lowest BCUT2D eigenvalue weighted by Gasteiger charge is -2.20. The molecule has 6 heteroatoms. The highest BCUT2D eigenvalue weighted by atomic mass is 16.3. The Morgan fingerprint density at radius 1 is 0.328 bits per heavy atom. The summed E-state index contributed by atoms with van der Waals surface area (Å²) in [5.41, 5.74) is 13.1. The predicted molar refractivity (Wildman–Crippen MR) is 263 cm³/mol. The molecule has 5 heterocycles. The molecular formula is C58H35N5O. The Morgan fingerprint density at radius 3 is 1.30 bits per heavy atom. The first-order valence-corrected chi connectivity index (χ1v) is 21.7. The quantitative estimate of drug-likeness (QED) is 0.174. The van der Waals surface area contributed by atoms with E-state index in [9.17, 15) is 0 Å². The molecule has 9 aromatic carbocycles. The van der Waals surface area contributed by atoms with Crippen LogP contribution in [0.5, 0.6) is 0 Å². The van der Waals surface area contributed by atoms with Crippen molar-refractivity contribution in [3.8, 4) is 39.8 Å². The molecule has 0 saturated heterocycles. The SMILES string of the molecule is c1cc(-c2cccc3oc4ccccc4c23)c(-c2cc(-n3c4ccccc4c4ccccc43)nc(-n3c4ccccc4c4ccccc43)n2)c(-n2c3ccccc3c3ccccc32)c1. The van der Waals surface area contributed by atoms with Crippen molar-refractivity contribution in [3.05, 3.63) is 212 Å². The van der Waals surface area contributed by atoms with Crippen molar-refractivity contribution >= 4 is 87.4 Å². The molecule has 0 amide bonds. The van der Waals surface area contributed by atoms with Gasteiger partial charge < -0.3 is 8.98 Å². The van der Waals surface area contributed by atoms with Crippen LogP contribution in [0, 0.1) is 0 Å². The fraction of sp³-hybridized carbons (Fsp3) is 0. The summed E-state index contributed by atoms with van der Waals surface area (Å²) in [5.74, 6) is 1.36. The highest BCUT2D eigenvalue weighted by Crippen LogP contribution is 2.45. The monoisotopic (exact) mass is 817 g/mol. The summed E-state index contributed by atoms with van der Waals surface area (Å²) < 4.78 is 13.5. The van der Waals surface area contributed by atoms with E-state index in [1.54, 1.807) is 0 Å². The Morgan fingerprint density at radius 2 is 0.750 bits per heavy atom. The third-order valence-electron chi connectivity index (χ3n) is 13.1. The average molecular weight is 818 g/mol. The van der Waals surface area contributed by atoms with Crippen LogP contribution in [0.2, 0.25) is 0 Å². The van der Waals surface area contributed by atoms with Gasteiger partial charge in [0.15, 0.2) is 0 Å². The molecule has 64 heavy (non-hydrogen) atoms. The van der Waals surface area contributed by atoms with Gasteiger partial charge in [-0.2, -0.15) is 4.98 Å². The number of fused-ring (bicyclic) bond motifs is 12. The Balaban J connectivity index is 1.18. The van der Waals surface area contributed by atoms with Gasteiger partial charge in [-0.05, 0) is 65.7 Å². The Labute approximate surface area is 366 Å². The van der Waals surface area contributed by atoms with Gasteiger partial charge >= 0.3 is 0 Å². The van der Waals surface area contributed by atoms with Crippen molar-refractivity contribution in [2.75, 3.05) is 0 Å². The van der Waals surface area contributed by atoms with Crippen LogP contribution < -0.4 is 0 Å². The zero-order valence-electron chi connectivity index (χ0n) is 34.4. The highest BCUT2D eigenvalue weighted by molar-refractivity contribution is 6.16. The highest BCUT2D eigenvalue weighted by Gasteiger charge is 2.25. The molecule has 14 aromatic rings. The molecule has 0 aliphatic rings. The van der Waals surface area contributed by atoms with Crippen molar-refractivity contribution < 1.29 is 4.42 Å². The Hall–Kier alpha value is -8.74. The van der Waals surface area contributed by atoms with Gasteiger partial charge in [-0.1, -0.05) is 152 Å². The molecular weight excluding hydrogens is 783 g/mol. The predicted octanol–water partition coefficient (Wildman–Crippen LogP) is 15.0. The maximum absolute atomic E-state index is 6.54. The summed E-state index contributed by atoms with van der Waals surface area (Å²) in [6.45, 7) is 0. The summed E-state index contributed by atoms with van der Waals surface area (Å²) in [5, 5.41) is 9.15. The van der Waals surface area contributed by atoms with Crippen LogP contribution in [0.4, 0.5) is 0 Å². The number of nitrogens with zero attached hydrogens (tertiary/aromatic N) is 5. The van der Waals surface area contributed by atoms with E-state index in [4.69, 9.17) is 14.4 Å². The molecule has 0 unspecified atom stereocenters. The number of hydrogen-bond acceptors (Lipinski definition) is 3. The van der Waals surface area contributed by atoms with E-state index in [2.05, 4.69) is 220 Å². The number of aromatic nitrogens is 5. The van der Waals surface area contributed by atoms with E-state index in [-0.39, 0.29) is 0 Å². The van der Waals surface area contributed by atoms with Crippen molar-refractivity contribution in [3.63, 3.8) is 0 Å². The van der Waals surface area contributed by atoms with Crippen LogP contribution in [-0.2, 0) is 0 Å².